The average Bonchev–Trinajstić information content (AvgIpc) is 2.27. The van der Waals surface area contributed by atoms with E-state index in [0.717, 1.165) is 5.56 Å². The van der Waals surface area contributed by atoms with Gasteiger partial charge in [0.25, 0.3) is 0 Å². The topological polar surface area (TPSA) is 92.5 Å². The molecule has 6 N–H and O–H groups in total. The van der Waals surface area contributed by atoms with Crippen LogP contribution in [0.25, 0.3) is 0 Å². The SMILES string of the molecule is CC(C)(C)SC[C@H](N)O.N[C@H](O)c1ccccc1. The molecule has 18 heavy (non-hydrogen) atoms. The zero-order chi connectivity index (χ0) is 14.2. The number of hydrogen-bond donors (Lipinski definition) is 4. The molecular weight excluding hydrogens is 248 g/mol. The Labute approximate surface area is 113 Å². The van der Waals surface area contributed by atoms with Gasteiger partial charge in [0, 0.05) is 10.5 Å². The number of hydrogen-bond acceptors (Lipinski definition) is 5. The molecule has 4 nitrogen and oxygen atoms in total. The molecular formula is C13H24N2O2S. The van der Waals surface area contributed by atoms with Crippen LogP contribution in [0.4, 0.5) is 0 Å². The number of aliphatic hydroxyl groups is 2. The van der Waals surface area contributed by atoms with Crippen LogP contribution in [0.15, 0.2) is 30.3 Å². The summed E-state index contributed by atoms with van der Waals surface area (Å²) in [5.74, 6) is 0.615. The van der Waals surface area contributed by atoms with Crippen molar-refractivity contribution in [3.63, 3.8) is 0 Å². The highest BCUT2D eigenvalue weighted by atomic mass is 32.2. The fraction of sp³-hybridized carbons (Fsp3) is 0.538. The monoisotopic (exact) mass is 272 g/mol. The van der Waals surface area contributed by atoms with Crippen LogP contribution in [0.1, 0.15) is 32.6 Å². The lowest BCUT2D eigenvalue weighted by Gasteiger charge is -2.17. The van der Waals surface area contributed by atoms with Gasteiger partial charge in [0.05, 0.1) is 0 Å². The quantitative estimate of drug-likeness (QED) is 0.625. The Kier molecular flexibility index (Phi) is 8.22. The molecule has 0 aliphatic rings. The van der Waals surface area contributed by atoms with Crippen LogP contribution in [0.2, 0.25) is 0 Å². The van der Waals surface area contributed by atoms with Gasteiger partial charge in [-0.3, -0.25) is 0 Å². The highest BCUT2D eigenvalue weighted by Gasteiger charge is 2.11. The summed E-state index contributed by atoms with van der Waals surface area (Å²) in [6.07, 6.45) is -1.51. The van der Waals surface area contributed by atoms with Crippen molar-refractivity contribution in [2.75, 3.05) is 5.75 Å². The standard InChI is InChI=1S/C7H9NO.C6H15NOS/c8-7(9)6-4-2-1-3-5-6;1-6(2,3)9-4-5(7)8/h1-5,7,9H,8H2;5,8H,4,7H2,1-3H3/t7-;5-/m11/s1. The summed E-state index contributed by atoms with van der Waals surface area (Å²) in [6, 6.07) is 9.12. The molecule has 0 aliphatic heterocycles. The Balaban J connectivity index is 0.000000321. The van der Waals surface area contributed by atoms with Gasteiger partial charge in [-0.05, 0) is 5.56 Å². The van der Waals surface area contributed by atoms with E-state index in [2.05, 4.69) is 20.8 Å². The lowest BCUT2D eigenvalue weighted by molar-refractivity contribution is 0.186. The van der Waals surface area contributed by atoms with Crippen molar-refractivity contribution in [3.05, 3.63) is 35.9 Å². The predicted molar refractivity (Wildman–Crippen MR) is 78.0 cm³/mol. The molecule has 0 amide bonds. The molecule has 1 aromatic carbocycles. The van der Waals surface area contributed by atoms with Gasteiger partial charge in [0.15, 0.2) is 0 Å². The predicted octanol–water partition coefficient (Wildman–Crippen LogP) is 1.43. The number of thioether (sulfide) groups is 1. The van der Waals surface area contributed by atoms with Crippen molar-refractivity contribution in [2.24, 2.45) is 11.5 Å². The second-order valence-corrected chi connectivity index (χ2v) is 6.69. The highest BCUT2D eigenvalue weighted by molar-refractivity contribution is 8.00. The summed E-state index contributed by atoms with van der Waals surface area (Å²) in [5, 5.41) is 17.5. The molecule has 0 unspecified atom stereocenters. The molecule has 2 atom stereocenters. The molecule has 0 bridgehead atoms. The van der Waals surface area contributed by atoms with Gasteiger partial charge in [-0.1, -0.05) is 51.1 Å². The molecule has 0 heterocycles. The van der Waals surface area contributed by atoms with Gasteiger partial charge in [0.2, 0.25) is 0 Å². The van der Waals surface area contributed by atoms with E-state index in [9.17, 15) is 0 Å². The first-order valence-electron chi connectivity index (χ1n) is 5.78. The lowest BCUT2D eigenvalue weighted by Crippen LogP contribution is -2.24. The first-order valence-corrected chi connectivity index (χ1v) is 6.77. The lowest BCUT2D eigenvalue weighted by atomic mass is 10.2. The molecule has 1 aromatic rings. The summed E-state index contributed by atoms with van der Waals surface area (Å²) in [7, 11) is 0. The molecule has 0 fully saturated rings. The maximum absolute atomic E-state index is 8.80. The van der Waals surface area contributed by atoms with Crippen LogP contribution in [0, 0.1) is 0 Å². The van der Waals surface area contributed by atoms with E-state index < -0.39 is 12.5 Å². The normalized spacial score (nSPS) is 14.4. The molecule has 0 spiro atoms. The van der Waals surface area contributed by atoms with Crippen molar-refractivity contribution in [1.29, 1.82) is 0 Å². The Morgan fingerprint density at radius 2 is 1.61 bits per heavy atom. The zero-order valence-corrected chi connectivity index (χ0v) is 12.0. The van der Waals surface area contributed by atoms with Gasteiger partial charge in [0.1, 0.15) is 12.5 Å². The number of nitrogens with two attached hydrogens (primary N) is 2. The van der Waals surface area contributed by atoms with Crippen LogP contribution in [-0.2, 0) is 0 Å². The van der Waals surface area contributed by atoms with Gasteiger partial charge >= 0.3 is 0 Å². The minimum atomic E-state index is -0.841. The third kappa shape index (κ3) is 10.6. The summed E-state index contributed by atoms with van der Waals surface area (Å²) in [4.78, 5) is 0. The largest absolute Gasteiger partial charge is 0.378 e. The molecule has 0 aliphatic carbocycles. The second-order valence-electron chi connectivity index (χ2n) is 4.85. The minimum absolute atomic E-state index is 0.209. The Hall–Kier alpha value is -0.590. The van der Waals surface area contributed by atoms with Gasteiger partial charge < -0.3 is 21.7 Å². The van der Waals surface area contributed by atoms with E-state index in [1.165, 1.54) is 0 Å². The molecule has 5 heteroatoms. The first kappa shape index (κ1) is 17.4. The van der Waals surface area contributed by atoms with Crippen LogP contribution in [0.5, 0.6) is 0 Å². The molecule has 0 aromatic heterocycles. The smallest absolute Gasteiger partial charge is 0.128 e. The third-order valence-corrected chi connectivity index (χ3v) is 3.20. The number of aliphatic hydroxyl groups excluding tert-OH is 2. The number of rotatable bonds is 3. The summed E-state index contributed by atoms with van der Waals surface area (Å²) >= 11 is 1.67. The van der Waals surface area contributed by atoms with Crippen LogP contribution in [0.3, 0.4) is 0 Å². The van der Waals surface area contributed by atoms with E-state index in [4.69, 9.17) is 21.7 Å². The zero-order valence-electron chi connectivity index (χ0n) is 11.2. The summed E-state index contributed by atoms with van der Waals surface area (Å²) in [6.45, 7) is 6.29. The fourth-order valence-electron chi connectivity index (χ4n) is 0.986. The Morgan fingerprint density at radius 1 is 1.11 bits per heavy atom. The number of benzene rings is 1. The fourth-order valence-corrected chi connectivity index (χ4v) is 1.66. The van der Waals surface area contributed by atoms with Crippen LogP contribution >= 0.6 is 11.8 Å². The highest BCUT2D eigenvalue weighted by Crippen LogP contribution is 2.22. The molecule has 0 radical (unpaired) electrons. The van der Waals surface area contributed by atoms with Gasteiger partial charge in [-0.2, -0.15) is 11.8 Å². The molecule has 104 valence electrons. The maximum atomic E-state index is 8.80. The summed E-state index contributed by atoms with van der Waals surface area (Å²) < 4.78 is 0.209. The molecule has 1 rings (SSSR count). The van der Waals surface area contributed by atoms with E-state index in [1.54, 1.807) is 23.9 Å². The van der Waals surface area contributed by atoms with Crippen molar-refractivity contribution >= 4 is 11.8 Å². The van der Waals surface area contributed by atoms with E-state index in [1.807, 2.05) is 18.2 Å². The second kappa shape index (κ2) is 8.50. The summed E-state index contributed by atoms with van der Waals surface area (Å²) in [5.41, 5.74) is 11.1. The van der Waals surface area contributed by atoms with Crippen molar-refractivity contribution < 1.29 is 10.2 Å². The van der Waals surface area contributed by atoms with Crippen LogP contribution in [-0.4, -0.2) is 26.9 Å². The van der Waals surface area contributed by atoms with E-state index in [0.29, 0.717) is 5.75 Å². The van der Waals surface area contributed by atoms with E-state index >= 15 is 0 Å². The van der Waals surface area contributed by atoms with Crippen molar-refractivity contribution in [1.82, 2.24) is 0 Å². The molecule has 0 saturated heterocycles. The van der Waals surface area contributed by atoms with E-state index in [-0.39, 0.29) is 4.75 Å². The van der Waals surface area contributed by atoms with Gasteiger partial charge in [-0.15, -0.1) is 0 Å². The van der Waals surface area contributed by atoms with Crippen molar-refractivity contribution in [3.8, 4) is 0 Å². The van der Waals surface area contributed by atoms with Crippen molar-refractivity contribution in [2.45, 2.75) is 38.0 Å². The maximum Gasteiger partial charge on any atom is 0.128 e. The van der Waals surface area contributed by atoms with Crippen LogP contribution < -0.4 is 11.5 Å². The first-order chi connectivity index (χ1) is 8.22. The third-order valence-electron chi connectivity index (χ3n) is 1.83. The minimum Gasteiger partial charge on any atom is -0.378 e. The Bertz CT molecular complexity index is 311. The average molecular weight is 272 g/mol. The molecule has 0 saturated carbocycles. The van der Waals surface area contributed by atoms with Gasteiger partial charge in [-0.25, -0.2) is 0 Å². The Morgan fingerprint density at radius 3 is 1.83 bits per heavy atom.